The second-order valence-corrected chi connectivity index (χ2v) is 8.96. The van der Waals surface area contributed by atoms with Gasteiger partial charge in [0.2, 0.25) is 15.9 Å². The molecule has 2 amide bonds. The maximum absolute atomic E-state index is 12.6. The highest BCUT2D eigenvalue weighted by Gasteiger charge is 2.27. The third kappa shape index (κ3) is 5.89. The highest BCUT2D eigenvalue weighted by molar-refractivity contribution is 7.89. The zero-order valence-corrected chi connectivity index (χ0v) is 17.8. The van der Waals surface area contributed by atoms with Crippen LogP contribution in [0, 0.1) is 0 Å². The van der Waals surface area contributed by atoms with Gasteiger partial charge in [-0.25, -0.2) is 13.2 Å². The second kappa shape index (κ2) is 9.71. The minimum Gasteiger partial charge on any atom is -0.452 e. The van der Waals surface area contributed by atoms with Crippen LogP contribution in [0.4, 0.5) is 11.4 Å². The van der Waals surface area contributed by atoms with Gasteiger partial charge in [0.15, 0.2) is 6.61 Å². The van der Waals surface area contributed by atoms with E-state index in [-0.39, 0.29) is 16.4 Å². The van der Waals surface area contributed by atoms with E-state index in [1.54, 1.807) is 24.3 Å². The summed E-state index contributed by atoms with van der Waals surface area (Å²) in [4.78, 5) is 35.4. The molecule has 1 fully saturated rings. The van der Waals surface area contributed by atoms with E-state index in [0.29, 0.717) is 24.5 Å². The summed E-state index contributed by atoms with van der Waals surface area (Å²) in [7, 11) is -3.66. The Morgan fingerprint density at radius 2 is 1.58 bits per heavy atom. The molecule has 2 aromatic carbocycles. The molecule has 31 heavy (non-hydrogen) atoms. The van der Waals surface area contributed by atoms with Gasteiger partial charge in [0, 0.05) is 31.4 Å². The van der Waals surface area contributed by atoms with Crippen molar-refractivity contribution in [2.75, 3.05) is 30.3 Å². The van der Waals surface area contributed by atoms with Crippen molar-refractivity contribution in [2.24, 2.45) is 0 Å². The van der Waals surface area contributed by atoms with Crippen LogP contribution in [0.3, 0.4) is 0 Å². The second-order valence-electron chi connectivity index (χ2n) is 7.02. The molecular weight excluding hydrogens is 422 g/mol. The van der Waals surface area contributed by atoms with Crippen LogP contribution in [-0.2, 0) is 24.3 Å². The number of carbonyl (C=O) groups excluding carboxylic acids is 3. The van der Waals surface area contributed by atoms with E-state index in [1.165, 1.54) is 35.5 Å². The topological polar surface area (TPSA) is 122 Å². The number of rotatable bonds is 7. The van der Waals surface area contributed by atoms with E-state index < -0.39 is 28.5 Å². The fourth-order valence-corrected chi connectivity index (χ4v) is 4.68. The molecule has 0 aromatic heterocycles. The quantitative estimate of drug-likeness (QED) is 0.630. The van der Waals surface area contributed by atoms with Gasteiger partial charge in [-0.2, -0.15) is 4.31 Å². The molecule has 1 aliphatic heterocycles. The average molecular weight is 445 g/mol. The summed E-state index contributed by atoms with van der Waals surface area (Å²) in [6, 6.07) is 12.0. The van der Waals surface area contributed by atoms with Crippen molar-refractivity contribution >= 4 is 39.2 Å². The van der Waals surface area contributed by atoms with Crippen molar-refractivity contribution < 1.29 is 27.5 Å². The number of hydrogen-bond donors (Lipinski definition) is 2. The van der Waals surface area contributed by atoms with Crippen LogP contribution in [0.25, 0.3) is 0 Å². The molecule has 10 heteroatoms. The van der Waals surface area contributed by atoms with Crippen molar-refractivity contribution in [3.8, 4) is 0 Å². The van der Waals surface area contributed by atoms with Gasteiger partial charge >= 0.3 is 5.97 Å². The van der Waals surface area contributed by atoms with E-state index in [9.17, 15) is 22.8 Å². The van der Waals surface area contributed by atoms with Crippen molar-refractivity contribution in [1.82, 2.24) is 4.31 Å². The van der Waals surface area contributed by atoms with E-state index in [1.807, 2.05) is 0 Å². The van der Waals surface area contributed by atoms with Gasteiger partial charge in [-0.1, -0.05) is 6.07 Å². The Labute approximate surface area is 180 Å². The minimum absolute atomic E-state index is 0.0209. The van der Waals surface area contributed by atoms with Gasteiger partial charge in [0.1, 0.15) is 0 Å². The average Bonchev–Trinajstić information content (AvgIpc) is 3.29. The molecule has 3 rings (SSSR count). The molecule has 2 aromatic rings. The molecule has 0 aliphatic carbocycles. The van der Waals surface area contributed by atoms with Gasteiger partial charge in [-0.3, -0.25) is 9.59 Å². The van der Waals surface area contributed by atoms with Gasteiger partial charge in [-0.15, -0.1) is 0 Å². The van der Waals surface area contributed by atoms with Crippen LogP contribution in [0.5, 0.6) is 0 Å². The summed E-state index contributed by atoms with van der Waals surface area (Å²) >= 11 is 0. The summed E-state index contributed by atoms with van der Waals surface area (Å²) in [5.74, 6) is -1.56. The molecule has 1 saturated heterocycles. The standard InChI is InChI=1S/C21H23N3O6S/c1-15(25)22-17-7-9-18(10-8-17)23-20(26)14-30-21(27)16-5-4-6-19(13-16)31(28,29)24-11-2-3-12-24/h4-10,13H,2-3,11-12,14H2,1H3,(H,22,25)(H,23,26). The number of hydrogen-bond acceptors (Lipinski definition) is 6. The molecule has 0 atom stereocenters. The molecule has 1 heterocycles. The number of anilines is 2. The highest BCUT2D eigenvalue weighted by atomic mass is 32.2. The molecule has 0 saturated carbocycles. The molecule has 0 unspecified atom stereocenters. The lowest BCUT2D eigenvalue weighted by Gasteiger charge is -2.15. The SMILES string of the molecule is CC(=O)Nc1ccc(NC(=O)COC(=O)c2cccc(S(=O)(=O)N3CCCC3)c2)cc1. The summed E-state index contributed by atoms with van der Waals surface area (Å²) < 4.78 is 31.7. The van der Waals surface area contributed by atoms with Crippen LogP contribution in [-0.4, -0.2) is 50.2 Å². The Morgan fingerprint density at radius 1 is 0.968 bits per heavy atom. The fourth-order valence-electron chi connectivity index (χ4n) is 3.11. The summed E-state index contributed by atoms with van der Waals surface area (Å²) in [5.41, 5.74) is 1.10. The number of amides is 2. The normalized spacial score (nSPS) is 14.1. The molecule has 9 nitrogen and oxygen atoms in total. The first-order valence-corrected chi connectivity index (χ1v) is 11.1. The lowest BCUT2D eigenvalue weighted by atomic mass is 10.2. The van der Waals surface area contributed by atoms with Gasteiger partial charge in [0.05, 0.1) is 10.5 Å². The lowest BCUT2D eigenvalue weighted by molar-refractivity contribution is -0.119. The fraction of sp³-hybridized carbons (Fsp3) is 0.286. The third-order valence-corrected chi connectivity index (χ3v) is 6.49. The number of ether oxygens (including phenoxy) is 1. The first kappa shape index (κ1) is 22.4. The Balaban J connectivity index is 1.57. The van der Waals surface area contributed by atoms with Crippen LogP contribution in [0.1, 0.15) is 30.1 Å². The number of carbonyl (C=O) groups is 3. The van der Waals surface area contributed by atoms with Crippen LogP contribution >= 0.6 is 0 Å². The predicted octanol–water partition coefficient (Wildman–Crippen LogP) is 2.22. The third-order valence-electron chi connectivity index (χ3n) is 4.60. The van der Waals surface area contributed by atoms with Crippen LogP contribution < -0.4 is 10.6 Å². The van der Waals surface area contributed by atoms with Gasteiger partial charge in [0.25, 0.3) is 5.91 Å². The Bertz CT molecular complexity index is 1080. The molecular formula is C21H23N3O6S. The maximum atomic E-state index is 12.6. The van der Waals surface area contributed by atoms with Crippen LogP contribution in [0.2, 0.25) is 0 Å². The number of esters is 1. The summed E-state index contributed by atoms with van der Waals surface area (Å²) in [6.45, 7) is 1.78. The highest BCUT2D eigenvalue weighted by Crippen LogP contribution is 2.22. The van der Waals surface area contributed by atoms with Crippen LogP contribution in [0.15, 0.2) is 53.4 Å². The van der Waals surface area contributed by atoms with E-state index in [4.69, 9.17) is 4.74 Å². The minimum atomic E-state index is -3.66. The maximum Gasteiger partial charge on any atom is 0.338 e. The molecule has 0 radical (unpaired) electrons. The first-order chi connectivity index (χ1) is 14.8. The zero-order valence-electron chi connectivity index (χ0n) is 17.0. The van der Waals surface area contributed by atoms with Crippen molar-refractivity contribution in [3.63, 3.8) is 0 Å². The number of nitrogens with one attached hydrogen (secondary N) is 2. The number of sulfonamides is 1. The van der Waals surface area contributed by atoms with Crippen molar-refractivity contribution in [1.29, 1.82) is 0 Å². The number of nitrogens with zero attached hydrogens (tertiary/aromatic N) is 1. The van der Waals surface area contributed by atoms with E-state index in [2.05, 4.69) is 10.6 Å². The van der Waals surface area contributed by atoms with Gasteiger partial charge < -0.3 is 15.4 Å². The van der Waals surface area contributed by atoms with E-state index >= 15 is 0 Å². The first-order valence-electron chi connectivity index (χ1n) is 9.70. The number of benzene rings is 2. The molecule has 2 N–H and O–H groups in total. The zero-order chi connectivity index (χ0) is 22.4. The Hall–Kier alpha value is -3.24. The molecule has 164 valence electrons. The Kier molecular flexibility index (Phi) is 7.03. The van der Waals surface area contributed by atoms with Gasteiger partial charge in [-0.05, 0) is 55.3 Å². The lowest BCUT2D eigenvalue weighted by Crippen LogP contribution is -2.28. The predicted molar refractivity (Wildman–Crippen MR) is 114 cm³/mol. The largest absolute Gasteiger partial charge is 0.452 e. The smallest absolute Gasteiger partial charge is 0.338 e. The molecule has 0 bridgehead atoms. The van der Waals surface area contributed by atoms with Crippen molar-refractivity contribution in [3.05, 3.63) is 54.1 Å². The summed E-state index contributed by atoms with van der Waals surface area (Å²) in [6.07, 6.45) is 1.62. The molecule has 0 spiro atoms. The molecule has 1 aliphatic rings. The summed E-state index contributed by atoms with van der Waals surface area (Å²) in [5, 5.41) is 5.18. The van der Waals surface area contributed by atoms with Crippen molar-refractivity contribution in [2.45, 2.75) is 24.7 Å². The monoisotopic (exact) mass is 445 g/mol. The van der Waals surface area contributed by atoms with E-state index in [0.717, 1.165) is 12.8 Å². The Morgan fingerprint density at radius 3 is 2.19 bits per heavy atom.